The summed E-state index contributed by atoms with van der Waals surface area (Å²) in [6.45, 7) is 4.00. The molecule has 0 radical (unpaired) electrons. The number of sulfonamides is 1. The lowest BCUT2D eigenvalue weighted by molar-refractivity contribution is 0.476. The average Bonchev–Trinajstić information content (AvgIpc) is 2.24. The van der Waals surface area contributed by atoms with Crippen LogP contribution >= 0.6 is 15.9 Å². The quantitative estimate of drug-likeness (QED) is 0.855. The van der Waals surface area contributed by atoms with E-state index < -0.39 is 15.6 Å². The van der Waals surface area contributed by atoms with E-state index in [1.54, 1.807) is 32.0 Å². The highest BCUT2D eigenvalue weighted by Gasteiger charge is 2.22. The smallest absolute Gasteiger partial charge is 0.209 e. The van der Waals surface area contributed by atoms with Gasteiger partial charge in [-0.2, -0.15) is 5.26 Å². The number of benzene rings is 1. The maximum absolute atomic E-state index is 11.2. The fourth-order valence-corrected chi connectivity index (χ4v) is 3.18. The molecule has 0 saturated carbocycles. The number of hydrogen-bond acceptors (Lipinski definition) is 4. The normalized spacial score (nSPS) is 11.9. The predicted octanol–water partition coefficient (Wildman–Crippen LogP) is 2.06. The Labute approximate surface area is 122 Å². The Bertz CT molecular complexity index is 606. The molecular formula is C12H16BrN3O2S. The van der Waals surface area contributed by atoms with Gasteiger partial charge in [0, 0.05) is 22.2 Å². The molecular weight excluding hydrogens is 330 g/mol. The van der Waals surface area contributed by atoms with Crippen LogP contribution in [0, 0.1) is 11.3 Å². The summed E-state index contributed by atoms with van der Waals surface area (Å²) in [7, 11) is -3.25. The van der Waals surface area contributed by atoms with E-state index in [0.717, 1.165) is 16.4 Å². The molecule has 2 N–H and O–H groups in total. The minimum atomic E-state index is -3.25. The molecule has 0 aliphatic carbocycles. The van der Waals surface area contributed by atoms with Crippen molar-refractivity contribution in [2.24, 2.45) is 0 Å². The van der Waals surface area contributed by atoms with Gasteiger partial charge in [-0.3, -0.25) is 0 Å². The second-order valence-electron chi connectivity index (χ2n) is 4.92. The molecule has 1 aromatic carbocycles. The van der Waals surface area contributed by atoms with Crippen LogP contribution < -0.4 is 10.0 Å². The molecule has 0 aliphatic heterocycles. The lowest BCUT2D eigenvalue weighted by Crippen LogP contribution is -2.47. The van der Waals surface area contributed by atoms with Crippen LogP contribution in [0.25, 0.3) is 0 Å². The number of rotatable bonds is 5. The third-order valence-electron chi connectivity index (χ3n) is 2.28. The molecule has 0 atom stereocenters. The monoisotopic (exact) mass is 345 g/mol. The topological polar surface area (TPSA) is 82.0 Å². The molecule has 5 nitrogen and oxygen atoms in total. The number of nitrogens with one attached hydrogen (secondary N) is 2. The molecule has 0 fully saturated rings. The van der Waals surface area contributed by atoms with Gasteiger partial charge in [-0.1, -0.05) is 0 Å². The molecule has 0 unspecified atom stereocenters. The van der Waals surface area contributed by atoms with Crippen molar-refractivity contribution in [1.29, 1.82) is 5.26 Å². The largest absolute Gasteiger partial charge is 0.382 e. The molecule has 0 aromatic heterocycles. The van der Waals surface area contributed by atoms with Crippen molar-refractivity contribution in [2.45, 2.75) is 19.4 Å². The van der Waals surface area contributed by atoms with E-state index in [2.05, 4.69) is 26.0 Å². The number of hydrogen-bond donors (Lipinski definition) is 2. The number of nitriles is 1. The molecule has 19 heavy (non-hydrogen) atoms. The van der Waals surface area contributed by atoms with Crippen LogP contribution in [0.4, 0.5) is 5.69 Å². The highest BCUT2D eigenvalue weighted by atomic mass is 79.9. The van der Waals surface area contributed by atoms with Crippen LogP contribution in [0.2, 0.25) is 0 Å². The van der Waals surface area contributed by atoms with Crippen LogP contribution in [0.1, 0.15) is 19.4 Å². The van der Waals surface area contributed by atoms with Crippen LogP contribution in [0.5, 0.6) is 0 Å². The minimum absolute atomic E-state index is 0.421. The van der Waals surface area contributed by atoms with Crippen molar-refractivity contribution in [3.8, 4) is 6.07 Å². The fraction of sp³-hybridized carbons (Fsp3) is 0.417. The zero-order valence-electron chi connectivity index (χ0n) is 11.0. The maximum Gasteiger partial charge on any atom is 0.209 e. The summed E-state index contributed by atoms with van der Waals surface area (Å²) in [6, 6.07) is 7.23. The van der Waals surface area contributed by atoms with Crippen molar-refractivity contribution in [1.82, 2.24) is 4.72 Å². The summed E-state index contributed by atoms with van der Waals surface area (Å²) in [6.07, 6.45) is 1.13. The summed E-state index contributed by atoms with van der Waals surface area (Å²) in [5.41, 5.74) is 0.759. The first-order valence-corrected chi connectivity index (χ1v) is 8.24. The summed E-state index contributed by atoms with van der Waals surface area (Å²) < 4.78 is 25.8. The Balaban J connectivity index is 2.75. The number of nitrogens with zero attached hydrogens (tertiary/aromatic N) is 1. The van der Waals surface area contributed by atoms with Crippen LogP contribution in [-0.2, 0) is 10.0 Å². The highest BCUT2D eigenvalue weighted by molar-refractivity contribution is 9.10. The molecule has 0 bridgehead atoms. The van der Waals surface area contributed by atoms with Gasteiger partial charge in [-0.15, -0.1) is 0 Å². The number of anilines is 1. The lowest BCUT2D eigenvalue weighted by atomic mass is 10.1. The van der Waals surface area contributed by atoms with Gasteiger partial charge in [0.1, 0.15) is 0 Å². The summed E-state index contributed by atoms with van der Waals surface area (Å²) in [5.74, 6) is 0. The zero-order valence-corrected chi connectivity index (χ0v) is 13.4. The van der Waals surface area contributed by atoms with Gasteiger partial charge < -0.3 is 5.32 Å². The van der Waals surface area contributed by atoms with E-state index in [1.807, 2.05) is 6.07 Å². The third-order valence-corrected chi connectivity index (χ3v) is 3.86. The Kier molecular flexibility index (Phi) is 4.96. The maximum atomic E-state index is 11.2. The first-order valence-electron chi connectivity index (χ1n) is 5.55. The second kappa shape index (κ2) is 5.90. The second-order valence-corrected chi connectivity index (χ2v) is 7.52. The molecule has 104 valence electrons. The Morgan fingerprint density at radius 2 is 2.05 bits per heavy atom. The fourth-order valence-electron chi connectivity index (χ4n) is 1.58. The van der Waals surface area contributed by atoms with Crippen LogP contribution in [-0.4, -0.2) is 26.8 Å². The van der Waals surface area contributed by atoms with Gasteiger partial charge in [0.2, 0.25) is 10.0 Å². The Morgan fingerprint density at radius 1 is 1.42 bits per heavy atom. The highest BCUT2D eigenvalue weighted by Crippen LogP contribution is 2.24. The average molecular weight is 346 g/mol. The molecule has 0 heterocycles. The van der Waals surface area contributed by atoms with Crippen LogP contribution in [0.3, 0.4) is 0 Å². The van der Waals surface area contributed by atoms with Gasteiger partial charge in [0.25, 0.3) is 0 Å². The van der Waals surface area contributed by atoms with E-state index in [1.165, 1.54) is 0 Å². The van der Waals surface area contributed by atoms with Gasteiger partial charge in [0.05, 0.1) is 17.9 Å². The lowest BCUT2D eigenvalue weighted by Gasteiger charge is -2.26. The summed E-state index contributed by atoms with van der Waals surface area (Å²) in [4.78, 5) is 0. The summed E-state index contributed by atoms with van der Waals surface area (Å²) >= 11 is 3.36. The van der Waals surface area contributed by atoms with E-state index in [4.69, 9.17) is 5.26 Å². The molecule has 1 aromatic rings. The number of halogens is 1. The molecule has 0 amide bonds. The minimum Gasteiger partial charge on any atom is -0.382 e. The van der Waals surface area contributed by atoms with Gasteiger partial charge >= 0.3 is 0 Å². The van der Waals surface area contributed by atoms with E-state index in [9.17, 15) is 8.42 Å². The van der Waals surface area contributed by atoms with E-state index >= 15 is 0 Å². The van der Waals surface area contributed by atoms with Crippen molar-refractivity contribution in [3.63, 3.8) is 0 Å². The zero-order chi connectivity index (χ0) is 14.7. The van der Waals surface area contributed by atoms with Crippen molar-refractivity contribution < 1.29 is 8.42 Å². The first kappa shape index (κ1) is 16.0. The molecule has 1 rings (SSSR count). The van der Waals surface area contributed by atoms with E-state index in [-0.39, 0.29) is 0 Å². The Hall–Kier alpha value is -1.10. The third kappa shape index (κ3) is 5.59. The van der Waals surface area contributed by atoms with E-state index in [0.29, 0.717) is 12.1 Å². The van der Waals surface area contributed by atoms with Crippen molar-refractivity contribution in [3.05, 3.63) is 28.2 Å². The SMILES string of the molecule is CC(C)(CNc1ccc(C#N)cc1Br)NS(C)(=O)=O. The molecule has 0 saturated heterocycles. The van der Waals surface area contributed by atoms with Crippen LogP contribution in [0.15, 0.2) is 22.7 Å². The van der Waals surface area contributed by atoms with Gasteiger partial charge in [0.15, 0.2) is 0 Å². The van der Waals surface area contributed by atoms with Crippen molar-refractivity contribution in [2.75, 3.05) is 18.1 Å². The molecule has 7 heteroatoms. The Morgan fingerprint density at radius 3 is 2.53 bits per heavy atom. The standard InChI is InChI=1S/C12H16BrN3O2S/c1-12(2,16-19(3,17)18)8-15-11-5-4-9(7-14)6-10(11)13/h4-6,15-16H,8H2,1-3H3. The van der Waals surface area contributed by atoms with Crippen molar-refractivity contribution >= 4 is 31.6 Å². The first-order chi connectivity index (χ1) is 8.63. The van der Waals surface area contributed by atoms with Gasteiger partial charge in [-0.05, 0) is 48.0 Å². The predicted molar refractivity (Wildman–Crippen MR) is 79.4 cm³/mol. The summed E-state index contributed by atoms with van der Waals surface area (Å²) in [5, 5.41) is 11.9. The van der Waals surface area contributed by atoms with Gasteiger partial charge in [-0.25, -0.2) is 13.1 Å². The molecule has 0 spiro atoms. The molecule has 0 aliphatic rings.